The second-order valence-corrected chi connectivity index (χ2v) is 5.06. The number of ether oxygens (including phenoxy) is 1. The minimum Gasteiger partial charge on any atom is -0.465 e. The van der Waals surface area contributed by atoms with Gasteiger partial charge in [-0.1, -0.05) is 24.3 Å². The lowest BCUT2D eigenvalue weighted by atomic mass is 9.97. The molecule has 22 heavy (non-hydrogen) atoms. The minimum absolute atomic E-state index is 0.0184. The zero-order chi connectivity index (χ0) is 15.7. The SMILES string of the molecule is COC(=O)c1ccc(-c2cccc3[nH]cc(C(C)=O)c23)cc1. The highest BCUT2D eigenvalue weighted by Crippen LogP contribution is 2.31. The first-order valence-electron chi connectivity index (χ1n) is 6.91. The number of ketones is 1. The third-order valence-corrected chi connectivity index (χ3v) is 3.70. The van der Waals surface area contributed by atoms with Crippen molar-refractivity contribution in [3.05, 3.63) is 59.8 Å². The molecule has 1 N–H and O–H groups in total. The monoisotopic (exact) mass is 293 g/mol. The Kier molecular flexibility index (Phi) is 3.51. The van der Waals surface area contributed by atoms with Crippen molar-refractivity contribution in [2.45, 2.75) is 6.92 Å². The Morgan fingerprint density at radius 1 is 1.05 bits per heavy atom. The van der Waals surface area contributed by atoms with E-state index in [2.05, 4.69) is 4.98 Å². The van der Waals surface area contributed by atoms with Crippen molar-refractivity contribution in [2.75, 3.05) is 7.11 Å². The first kappa shape index (κ1) is 14.1. The molecule has 0 aliphatic heterocycles. The van der Waals surface area contributed by atoms with E-state index in [1.807, 2.05) is 30.3 Å². The fraction of sp³-hybridized carbons (Fsp3) is 0.111. The predicted molar refractivity (Wildman–Crippen MR) is 85.1 cm³/mol. The Labute approximate surface area is 127 Å². The van der Waals surface area contributed by atoms with Crippen molar-refractivity contribution >= 4 is 22.7 Å². The fourth-order valence-corrected chi connectivity index (χ4v) is 2.61. The summed E-state index contributed by atoms with van der Waals surface area (Å²) in [6.45, 7) is 1.56. The Hall–Kier alpha value is -2.88. The number of hydrogen-bond acceptors (Lipinski definition) is 3. The number of methoxy groups -OCH3 is 1. The van der Waals surface area contributed by atoms with Crippen molar-refractivity contribution in [3.8, 4) is 11.1 Å². The first-order valence-corrected chi connectivity index (χ1v) is 6.91. The summed E-state index contributed by atoms with van der Waals surface area (Å²) in [7, 11) is 1.36. The molecule has 0 amide bonds. The van der Waals surface area contributed by atoms with Gasteiger partial charge in [0, 0.05) is 22.7 Å². The highest BCUT2D eigenvalue weighted by molar-refractivity contribution is 6.12. The third-order valence-electron chi connectivity index (χ3n) is 3.70. The van der Waals surface area contributed by atoms with Crippen LogP contribution in [0.15, 0.2) is 48.7 Å². The molecule has 3 rings (SSSR count). The lowest BCUT2D eigenvalue weighted by Crippen LogP contribution is -2.00. The number of fused-ring (bicyclic) bond motifs is 1. The van der Waals surface area contributed by atoms with E-state index in [4.69, 9.17) is 4.74 Å². The second kappa shape index (κ2) is 5.48. The predicted octanol–water partition coefficient (Wildman–Crippen LogP) is 3.82. The van der Waals surface area contributed by atoms with Crippen molar-refractivity contribution in [3.63, 3.8) is 0 Å². The summed E-state index contributed by atoms with van der Waals surface area (Å²) in [4.78, 5) is 26.4. The summed E-state index contributed by atoms with van der Waals surface area (Å²) in [6, 6.07) is 13.0. The van der Waals surface area contributed by atoms with Crippen molar-refractivity contribution in [1.29, 1.82) is 0 Å². The fourth-order valence-electron chi connectivity index (χ4n) is 2.61. The van der Waals surface area contributed by atoms with Crippen LogP contribution in [-0.4, -0.2) is 23.8 Å². The van der Waals surface area contributed by atoms with Crippen LogP contribution in [0.4, 0.5) is 0 Å². The molecular formula is C18H15NO3. The molecule has 0 saturated heterocycles. The van der Waals surface area contributed by atoms with Crippen molar-refractivity contribution < 1.29 is 14.3 Å². The third kappa shape index (κ3) is 2.29. The van der Waals surface area contributed by atoms with Gasteiger partial charge in [0.15, 0.2) is 5.78 Å². The average Bonchev–Trinajstić information content (AvgIpc) is 2.98. The number of rotatable bonds is 3. The van der Waals surface area contributed by atoms with Gasteiger partial charge in [0.25, 0.3) is 0 Å². The van der Waals surface area contributed by atoms with Crippen LogP contribution < -0.4 is 0 Å². The van der Waals surface area contributed by atoms with Crippen molar-refractivity contribution in [2.24, 2.45) is 0 Å². The Morgan fingerprint density at radius 2 is 1.77 bits per heavy atom. The summed E-state index contributed by atoms with van der Waals surface area (Å²) in [5, 5.41) is 0.904. The van der Waals surface area contributed by atoms with Gasteiger partial charge < -0.3 is 9.72 Å². The number of hydrogen-bond donors (Lipinski definition) is 1. The molecule has 1 aromatic heterocycles. The van der Waals surface area contributed by atoms with Gasteiger partial charge >= 0.3 is 5.97 Å². The molecule has 110 valence electrons. The molecule has 4 heteroatoms. The molecule has 0 aliphatic rings. The lowest BCUT2D eigenvalue weighted by Gasteiger charge is -2.06. The zero-order valence-corrected chi connectivity index (χ0v) is 12.3. The molecule has 1 heterocycles. The molecule has 0 unspecified atom stereocenters. The lowest BCUT2D eigenvalue weighted by molar-refractivity contribution is 0.0600. The number of aromatic nitrogens is 1. The summed E-state index contributed by atoms with van der Waals surface area (Å²) in [5.74, 6) is -0.347. The smallest absolute Gasteiger partial charge is 0.337 e. The molecule has 0 radical (unpaired) electrons. The van der Waals surface area contributed by atoms with E-state index in [9.17, 15) is 9.59 Å². The van der Waals surface area contributed by atoms with Gasteiger partial charge in [-0.05, 0) is 36.2 Å². The molecule has 0 bridgehead atoms. The van der Waals surface area contributed by atoms with E-state index < -0.39 is 0 Å². The Morgan fingerprint density at radius 3 is 2.41 bits per heavy atom. The first-order chi connectivity index (χ1) is 10.6. The molecule has 4 nitrogen and oxygen atoms in total. The Balaban J connectivity index is 2.15. The number of benzene rings is 2. The van der Waals surface area contributed by atoms with E-state index in [1.165, 1.54) is 7.11 Å². The molecule has 2 aromatic carbocycles. The highest BCUT2D eigenvalue weighted by atomic mass is 16.5. The van der Waals surface area contributed by atoms with Gasteiger partial charge in [0.05, 0.1) is 12.7 Å². The molecule has 0 aliphatic carbocycles. The summed E-state index contributed by atoms with van der Waals surface area (Å²) in [5.41, 5.74) is 3.99. The van der Waals surface area contributed by atoms with Gasteiger partial charge in [-0.2, -0.15) is 0 Å². The molecule has 0 fully saturated rings. The van der Waals surface area contributed by atoms with Crippen LogP contribution >= 0.6 is 0 Å². The van der Waals surface area contributed by atoms with Crippen molar-refractivity contribution in [1.82, 2.24) is 4.98 Å². The summed E-state index contributed by atoms with van der Waals surface area (Å²) >= 11 is 0. The maximum absolute atomic E-state index is 11.8. The van der Waals surface area contributed by atoms with Gasteiger partial charge in [0.2, 0.25) is 0 Å². The molecule has 3 aromatic rings. The number of carbonyl (C=O) groups is 2. The average molecular weight is 293 g/mol. The van der Waals surface area contributed by atoms with Crippen LogP contribution in [0.2, 0.25) is 0 Å². The molecular weight excluding hydrogens is 278 g/mol. The maximum atomic E-state index is 11.8. The van der Waals surface area contributed by atoms with Gasteiger partial charge in [-0.15, -0.1) is 0 Å². The standard InChI is InChI=1S/C18H15NO3/c1-11(20)15-10-19-16-5-3-4-14(17(15)16)12-6-8-13(9-7-12)18(21)22-2/h3-10,19H,1-2H3. The van der Waals surface area contributed by atoms with E-state index in [-0.39, 0.29) is 11.8 Å². The topological polar surface area (TPSA) is 59.2 Å². The number of nitrogens with one attached hydrogen (secondary N) is 1. The van der Waals surface area contributed by atoms with E-state index in [0.29, 0.717) is 11.1 Å². The van der Waals surface area contributed by atoms with E-state index >= 15 is 0 Å². The number of aromatic amines is 1. The normalized spacial score (nSPS) is 10.6. The summed E-state index contributed by atoms with van der Waals surface area (Å²) in [6.07, 6.45) is 1.74. The molecule has 0 atom stereocenters. The zero-order valence-electron chi connectivity index (χ0n) is 12.3. The van der Waals surface area contributed by atoms with Gasteiger partial charge in [-0.3, -0.25) is 4.79 Å². The van der Waals surface area contributed by atoms with Gasteiger partial charge in [-0.25, -0.2) is 4.79 Å². The van der Waals surface area contributed by atoms with Crippen LogP contribution in [0.3, 0.4) is 0 Å². The van der Waals surface area contributed by atoms with Crippen LogP contribution in [-0.2, 0) is 4.74 Å². The van der Waals surface area contributed by atoms with Crippen LogP contribution in [0, 0.1) is 0 Å². The van der Waals surface area contributed by atoms with E-state index in [1.54, 1.807) is 25.3 Å². The Bertz CT molecular complexity index is 860. The highest BCUT2D eigenvalue weighted by Gasteiger charge is 2.13. The van der Waals surface area contributed by atoms with Crippen LogP contribution in [0.5, 0.6) is 0 Å². The maximum Gasteiger partial charge on any atom is 0.337 e. The number of carbonyl (C=O) groups excluding carboxylic acids is 2. The van der Waals surface area contributed by atoms with Crippen LogP contribution in [0.1, 0.15) is 27.6 Å². The number of esters is 1. The minimum atomic E-state index is -0.365. The number of Topliss-reactive ketones (excluding diaryl/α,β-unsaturated/α-hetero) is 1. The number of H-pyrrole nitrogens is 1. The second-order valence-electron chi connectivity index (χ2n) is 5.06. The summed E-state index contributed by atoms with van der Waals surface area (Å²) < 4.78 is 4.70. The van der Waals surface area contributed by atoms with E-state index in [0.717, 1.165) is 22.0 Å². The molecule has 0 saturated carbocycles. The van der Waals surface area contributed by atoms with Gasteiger partial charge in [0.1, 0.15) is 0 Å². The van der Waals surface area contributed by atoms with Crippen LogP contribution in [0.25, 0.3) is 22.0 Å². The molecule has 0 spiro atoms. The largest absolute Gasteiger partial charge is 0.465 e. The quantitative estimate of drug-likeness (QED) is 0.590.